The summed E-state index contributed by atoms with van der Waals surface area (Å²) in [6.45, 7) is 5.63. The molecule has 0 bridgehead atoms. The van der Waals surface area contributed by atoms with Crippen LogP contribution in [0.1, 0.15) is 27.7 Å². The average Bonchev–Trinajstić information content (AvgIpc) is 1.86. The number of nitrogens with zero attached hydrogens (tertiary/aromatic N) is 2. The van der Waals surface area contributed by atoms with E-state index in [0.717, 1.165) is 0 Å². The molecule has 6 nitrogen and oxygen atoms in total. The molecule has 70 valence electrons. The van der Waals surface area contributed by atoms with E-state index in [9.17, 15) is 15.0 Å². The van der Waals surface area contributed by atoms with Crippen LogP contribution < -0.4 is 0 Å². The Kier molecular flexibility index (Phi) is 2.74. The van der Waals surface area contributed by atoms with E-state index < -0.39 is 16.1 Å². The smallest absolute Gasteiger partial charge is 0.257 e. The second-order valence-corrected chi connectivity index (χ2v) is 3.49. The molecule has 0 N–H and O–H groups in total. The molecule has 6 heteroatoms. The summed E-state index contributed by atoms with van der Waals surface area (Å²) in [4.78, 5) is 24.2. The molecule has 0 saturated carbocycles. The maximum Gasteiger partial charge on any atom is 0.257 e. The topological polar surface area (TPSA) is 81.8 Å². The van der Waals surface area contributed by atoms with Gasteiger partial charge in [0, 0.05) is 18.8 Å². The Bertz CT molecular complexity index is 200. The zero-order valence-electron chi connectivity index (χ0n) is 7.53. The molecule has 0 aromatic heterocycles. The van der Waals surface area contributed by atoms with Crippen molar-refractivity contribution in [3.05, 3.63) is 15.0 Å². The van der Waals surface area contributed by atoms with Gasteiger partial charge in [-0.1, -0.05) is 0 Å². The minimum atomic E-state index is -1.35. The molecule has 0 aliphatic carbocycles. The van der Waals surface area contributed by atoms with Gasteiger partial charge in [-0.05, 0) is 13.8 Å². The van der Waals surface area contributed by atoms with Crippen molar-refractivity contribution in [2.45, 2.75) is 38.8 Å². The standard InChI is InChI=1S/C6H12N2O4/c1-5(2,8(10)11)6(3,4)12-7-9/h1-4H3. The van der Waals surface area contributed by atoms with Gasteiger partial charge in [0.05, 0.1) is 0 Å². The Morgan fingerprint density at radius 3 is 2.00 bits per heavy atom. The van der Waals surface area contributed by atoms with Gasteiger partial charge in [-0.25, -0.2) is 0 Å². The minimum absolute atomic E-state index is 0.502. The Morgan fingerprint density at radius 2 is 1.75 bits per heavy atom. The maximum atomic E-state index is 10.5. The molecule has 0 aliphatic heterocycles. The first-order valence-electron chi connectivity index (χ1n) is 3.41. The van der Waals surface area contributed by atoms with Crippen molar-refractivity contribution in [1.29, 1.82) is 0 Å². The molecule has 0 heterocycles. The van der Waals surface area contributed by atoms with E-state index in [-0.39, 0.29) is 0 Å². The minimum Gasteiger partial charge on any atom is -0.350 e. The molecule has 0 fully saturated rings. The second-order valence-electron chi connectivity index (χ2n) is 3.49. The monoisotopic (exact) mass is 176 g/mol. The van der Waals surface area contributed by atoms with Crippen molar-refractivity contribution < 1.29 is 9.76 Å². The van der Waals surface area contributed by atoms with Gasteiger partial charge in [0.1, 0.15) is 0 Å². The largest absolute Gasteiger partial charge is 0.350 e. The fourth-order valence-electron chi connectivity index (χ4n) is 0.425. The van der Waals surface area contributed by atoms with Gasteiger partial charge < -0.3 is 4.84 Å². The van der Waals surface area contributed by atoms with Gasteiger partial charge in [0.15, 0.2) is 5.34 Å². The number of hydrogen-bond acceptors (Lipinski definition) is 5. The van der Waals surface area contributed by atoms with Crippen LogP contribution in [-0.2, 0) is 4.84 Å². The summed E-state index contributed by atoms with van der Waals surface area (Å²) in [5.41, 5.74) is -2.56. The van der Waals surface area contributed by atoms with Gasteiger partial charge >= 0.3 is 0 Å². The van der Waals surface area contributed by atoms with Crippen LogP contribution in [0.25, 0.3) is 0 Å². The van der Waals surface area contributed by atoms with Crippen molar-refractivity contribution in [3.63, 3.8) is 0 Å². The Labute approximate surface area is 70.0 Å². The van der Waals surface area contributed by atoms with Gasteiger partial charge in [-0.3, -0.25) is 10.1 Å². The molecule has 0 atom stereocenters. The van der Waals surface area contributed by atoms with Crippen molar-refractivity contribution in [3.8, 4) is 0 Å². The van der Waals surface area contributed by atoms with Crippen molar-refractivity contribution in [1.82, 2.24) is 0 Å². The van der Waals surface area contributed by atoms with E-state index in [1.807, 2.05) is 0 Å². The van der Waals surface area contributed by atoms with Crippen LogP contribution in [0.15, 0.2) is 5.34 Å². The molecule has 0 aromatic carbocycles. The molecule has 0 aromatic rings. The second kappa shape index (κ2) is 3.04. The molecular formula is C6H12N2O4. The van der Waals surface area contributed by atoms with Gasteiger partial charge in [0.2, 0.25) is 5.60 Å². The SMILES string of the molecule is CC(C)(ON=O)C(C)(C)[N+](=O)[O-]. The summed E-state index contributed by atoms with van der Waals surface area (Å²) >= 11 is 0. The lowest BCUT2D eigenvalue weighted by Gasteiger charge is -2.29. The first-order chi connectivity index (χ1) is 5.25. The molecule has 12 heavy (non-hydrogen) atoms. The fourth-order valence-corrected chi connectivity index (χ4v) is 0.425. The van der Waals surface area contributed by atoms with Crippen molar-refractivity contribution in [2.75, 3.05) is 0 Å². The quantitative estimate of drug-likeness (QED) is 0.369. The van der Waals surface area contributed by atoms with Crippen molar-refractivity contribution in [2.24, 2.45) is 5.34 Å². The number of rotatable bonds is 4. The van der Waals surface area contributed by atoms with Gasteiger partial charge in [0.25, 0.3) is 5.54 Å². The van der Waals surface area contributed by atoms with Crippen molar-refractivity contribution >= 4 is 0 Å². The van der Waals surface area contributed by atoms with Crippen LogP contribution in [0.2, 0.25) is 0 Å². The Morgan fingerprint density at radius 1 is 1.33 bits per heavy atom. The third kappa shape index (κ3) is 1.69. The van der Waals surface area contributed by atoms with Crippen LogP contribution in [0.3, 0.4) is 0 Å². The first-order valence-corrected chi connectivity index (χ1v) is 3.41. The van der Waals surface area contributed by atoms with E-state index in [2.05, 4.69) is 10.2 Å². The molecule has 0 saturated heterocycles. The molecule has 0 aliphatic rings. The highest BCUT2D eigenvalue weighted by molar-refractivity contribution is 4.87. The predicted molar refractivity (Wildman–Crippen MR) is 42.0 cm³/mol. The lowest BCUT2D eigenvalue weighted by atomic mass is 9.87. The molecular weight excluding hydrogens is 164 g/mol. The highest BCUT2D eigenvalue weighted by atomic mass is 16.7. The average molecular weight is 176 g/mol. The normalized spacial score (nSPS) is 12.3. The zero-order chi connectivity index (χ0) is 9.99. The zero-order valence-corrected chi connectivity index (χ0v) is 7.53. The number of hydrogen-bond donors (Lipinski definition) is 0. The summed E-state index contributed by atoms with van der Waals surface area (Å²) < 4.78 is 0. The summed E-state index contributed by atoms with van der Waals surface area (Å²) in [6, 6.07) is 0. The highest BCUT2D eigenvalue weighted by Gasteiger charge is 2.51. The van der Waals surface area contributed by atoms with Crippen LogP contribution in [0, 0.1) is 15.0 Å². The Hall–Kier alpha value is -1.20. The fraction of sp³-hybridized carbons (Fsp3) is 1.00. The molecule has 0 unspecified atom stereocenters. The summed E-state index contributed by atoms with van der Waals surface area (Å²) in [5.74, 6) is 0. The molecule has 0 spiro atoms. The number of nitro groups is 1. The first kappa shape index (κ1) is 10.8. The highest BCUT2D eigenvalue weighted by Crippen LogP contribution is 2.28. The lowest BCUT2D eigenvalue weighted by Crippen LogP contribution is -2.52. The maximum absolute atomic E-state index is 10.5. The van der Waals surface area contributed by atoms with E-state index >= 15 is 0 Å². The van der Waals surface area contributed by atoms with Gasteiger partial charge in [-0.2, -0.15) is 0 Å². The van der Waals surface area contributed by atoms with E-state index in [1.54, 1.807) is 0 Å². The molecule has 0 rings (SSSR count). The summed E-state index contributed by atoms with van der Waals surface area (Å²) in [5, 5.41) is 12.7. The van der Waals surface area contributed by atoms with Crippen LogP contribution in [0.5, 0.6) is 0 Å². The predicted octanol–water partition coefficient (Wildman–Crippen LogP) is 1.52. The molecule has 0 radical (unpaired) electrons. The van der Waals surface area contributed by atoms with Crippen LogP contribution in [-0.4, -0.2) is 16.1 Å². The lowest BCUT2D eigenvalue weighted by molar-refractivity contribution is -0.584. The van der Waals surface area contributed by atoms with E-state index in [1.165, 1.54) is 27.7 Å². The van der Waals surface area contributed by atoms with E-state index in [4.69, 9.17) is 0 Å². The molecule has 0 amide bonds. The van der Waals surface area contributed by atoms with Crippen LogP contribution in [0.4, 0.5) is 0 Å². The Balaban J connectivity index is 4.73. The van der Waals surface area contributed by atoms with Gasteiger partial charge in [-0.15, -0.1) is 4.91 Å². The van der Waals surface area contributed by atoms with Crippen LogP contribution >= 0.6 is 0 Å². The summed E-state index contributed by atoms with van der Waals surface area (Å²) in [6.07, 6.45) is 0. The summed E-state index contributed by atoms with van der Waals surface area (Å²) in [7, 11) is 0. The third-order valence-corrected chi connectivity index (χ3v) is 2.20. The van der Waals surface area contributed by atoms with E-state index in [0.29, 0.717) is 0 Å². The third-order valence-electron chi connectivity index (χ3n) is 2.20.